The monoisotopic (exact) mass is 264 g/mol. The van der Waals surface area contributed by atoms with Crippen LogP contribution in [0.15, 0.2) is 0 Å². The molecular formula is C17H32N2. The summed E-state index contributed by atoms with van der Waals surface area (Å²) < 4.78 is 0. The van der Waals surface area contributed by atoms with Crippen LogP contribution in [0.25, 0.3) is 0 Å². The Hall–Kier alpha value is -0.0800. The van der Waals surface area contributed by atoms with Crippen LogP contribution in [0.4, 0.5) is 0 Å². The molecule has 2 saturated carbocycles. The van der Waals surface area contributed by atoms with E-state index in [0.717, 1.165) is 23.9 Å². The molecule has 0 aromatic rings. The van der Waals surface area contributed by atoms with Crippen molar-refractivity contribution in [1.82, 2.24) is 10.2 Å². The van der Waals surface area contributed by atoms with Crippen molar-refractivity contribution < 1.29 is 0 Å². The van der Waals surface area contributed by atoms with E-state index in [2.05, 4.69) is 17.1 Å². The van der Waals surface area contributed by atoms with Crippen molar-refractivity contribution in [3.05, 3.63) is 0 Å². The first-order valence-electron chi connectivity index (χ1n) is 8.80. The fraction of sp³-hybridized carbons (Fsp3) is 1.00. The van der Waals surface area contributed by atoms with Gasteiger partial charge in [-0.2, -0.15) is 0 Å². The van der Waals surface area contributed by atoms with Crippen LogP contribution in [0, 0.1) is 11.8 Å². The number of likely N-dealkylation sites (tertiary alicyclic amines) is 1. The predicted molar refractivity (Wildman–Crippen MR) is 81.4 cm³/mol. The first kappa shape index (κ1) is 13.9. The van der Waals surface area contributed by atoms with Crippen LogP contribution in [0.2, 0.25) is 0 Å². The molecule has 0 amide bonds. The van der Waals surface area contributed by atoms with Crippen LogP contribution >= 0.6 is 0 Å². The van der Waals surface area contributed by atoms with Gasteiger partial charge in [0.05, 0.1) is 0 Å². The summed E-state index contributed by atoms with van der Waals surface area (Å²) in [5, 5.41) is 3.89. The molecule has 0 radical (unpaired) electrons. The molecule has 2 nitrogen and oxygen atoms in total. The minimum Gasteiger partial charge on any atom is -0.312 e. The third kappa shape index (κ3) is 3.95. The van der Waals surface area contributed by atoms with Gasteiger partial charge in [0.25, 0.3) is 0 Å². The maximum absolute atomic E-state index is 3.89. The molecule has 1 heterocycles. The predicted octanol–water partition coefficient (Wildman–Crippen LogP) is 3.42. The minimum atomic E-state index is 0.775. The second-order valence-electron chi connectivity index (χ2n) is 7.32. The third-order valence-electron chi connectivity index (χ3n) is 5.75. The topological polar surface area (TPSA) is 15.3 Å². The lowest BCUT2D eigenvalue weighted by Gasteiger charge is -2.38. The molecule has 2 atom stereocenters. The Morgan fingerprint density at radius 1 is 1.00 bits per heavy atom. The third-order valence-corrected chi connectivity index (χ3v) is 5.75. The van der Waals surface area contributed by atoms with E-state index in [1.165, 1.54) is 77.4 Å². The van der Waals surface area contributed by atoms with Crippen LogP contribution in [-0.4, -0.2) is 36.6 Å². The lowest BCUT2D eigenvalue weighted by Crippen LogP contribution is -2.50. The Bertz CT molecular complexity index is 268. The number of hydrogen-bond donors (Lipinski definition) is 1. The van der Waals surface area contributed by atoms with Gasteiger partial charge in [0, 0.05) is 18.6 Å². The highest BCUT2D eigenvalue weighted by Gasteiger charge is 2.34. The number of rotatable bonds is 5. The molecule has 3 aliphatic rings. The molecule has 19 heavy (non-hydrogen) atoms. The minimum absolute atomic E-state index is 0.775. The fourth-order valence-electron chi connectivity index (χ4n) is 4.14. The Balaban J connectivity index is 1.40. The van der Waals surface area contributed by atoms with E-state index in [1.807, 2.05) is 0 Å². The Morgan fingerprint density at radius 3 is 2.53 bits per heavy atom. The van der Waals surface area contributed by atoms with E-state index in [1.54, 1.807) is 0 Å². The van der Waals surface area contributed by atoms with Gasteiger partial charge in [-0.05, 0) is 70.4 Å². The van der Waals surface area contributed by atoms with E-state index in [0.29, 0.717) is 0 Å². The number of piperidine rings is 1. The summed E-state index contributed by atoms with van der Waals surface area (Å²) in [4.78, 5) is 2.76. The van der Waals surface area contributed by atoms with Gasteiger partial charge >= 0.3 is 0 Å². The molecule has 1 saturated heterocycles. The summed E-state index contributed by atoms with van der Waals surface area (Å²) in [6, 6.07) is 1.62. The van der Waals surface area contributed by atoms with Gasteiger partial charge in [-0.1, -0.05) is 19.3 Å². The van der Waals surface area contributed by atoms with Gasteiger partial charge in [0.15, 0.2) is 0 Å². The summed E-state index contributed by atoms with van der Waals surface area (Å²) in [6.45, 7) is 6.40. The molecule has 2 unspecified atom stereocenters. The molecular weight excluding hydrogens is 232 g/mol. The van der Waals surface area contributed by atoms with E-state index in [9.17, 15) is 0 Å². The molecule has 3 fully saturated rings. The van der Waals surface area contributed by atoms with Crippen molar-refractivity contribution in [2.45, 2.75) is 76.8 Å². The van der Waals surface area contributed by atoms with Gasteiger partial charge < -0.3 is 5.32 Å². The summed E-state index contributed by atoms with van der Waals surface area (Å²) in [7, 11) is 0. The van der Waals surface area contributed by atoms with Gasteiger partial charge in [0.2, 0.25) is 0 Å². The van der Waals surface area contributed by atoms with Crippen LogP contribution in [0.3, 0.4) is 0 Å². The Morgan fingerprint density at radius 2 is 1.79 bits per heavy atom. The van der Waals surface area contributed by atoms with Crippen molar-refractivity contribution >= 4 is 0 Å². The molecule has 0 spiro atoms. The first-order chi connectivity index (χ1) is 9.33. The highest BCUT2D eigenvalue weighted by atomic mass is 15.2. The highest BCUT2D eigenvalue weighted by molar-refractivity contribution is 4.89. The summed E-state index contributed by atoms with van der Waals surface area (Å²) in [5.41, 5.74) is 0. The first-order valence-corrected chi connectivity index (χ1v) is 8.80. The average Bonchev–Trinajstić information content (AvgIpc) is 3.30. The van der Waals surface area contributed by atoms with Gasteiger partial charge in [-0.3, -0.25) is 4.90 Å². The molecule has 0 aromatic carbocycles. The summed E-state index contributed by atoms with van der Waals surface area (Å²) in [6.07, 6.45) is 13.1. The van der Waals surface area contributed by atoms with Crippen molar-refractivity contribution in [3.63, 3.8) is 0 Å². The fourth-order valence-corrected chi connectivity index (χ4v) is 4.14. The lowest BCUT2D eigenvalue weighted by atomic mass is 9.89. The highest BCUT2D eigenvalue weighted by Crippen LogP contribution is 2.36. The van der Waals surface area contributed by atoms with E-state index in [-0.39, 0.29) is 0 Å². The number of nitrogens with one attached hydrogen (secondary N) is 1. The van der Waals surface area contributed by atoms with Gasteiger partial charge in [-0.25, -0.2) is 0 Å². The van der Waals surface area contributed by atoms with E-state index >= 15 is 0 Å². The zero-order valence-electron chi connectivity index (χ0n) is 12.7. The summed E-state index contributed by atoms with van der Waals surface area (Å²) in [5.74, 6) is 2.00. The zero-order valence-corrected chi connectivity index (χ0v) is 12.7. The van der Waals surface area contributed by atoms with Crippen molar-refractivity contribution in [2.24, 2.45) is 11.8 Å². The molecule has 1 aliphatic heterocycles. The molecule has 2 aliphatic carbocycles. The van der Waals surface area contributed by atoms with Gasteiger partial charge in [-0.15, -0.1) is 0 Å². The maximum atomic E-state index is 3.89. The largest absolute Gasteiger partial charge is 0.312 e. The van der Waals surface area contributed by atoms with E-state index < -0.39 is 0 Å². The zero-order chi connectivity index (χ0) is 13.1. The molecule has 1 N–H and O–H groups in total. The normalized spacial score (nSPS) is 32.4. The van der Waals surface area contributed by atoms with Crippen LogP contribution in [0.1, 0.15) is 64.7 Å². The van der Waals surface area contributed by atoms with Gasteiger partial charge in [0.1, 0.15) is 0 Å². The van der Waals surface area contributed by atoms with Crippen molar-refractivity contribution in [3.8, 4) is 0 Å². The maximum Gasteiger partial charge on any atom is 0.0195 e. The number of hydrogen-bond acceptors (Lipinski definition) is 2. The van der Waals surface area contributed by atoms with Crippen LogP contribution in [0.5, 0.6) is 0 Å². The Kier molecular flexibility index (Phi) is 4.81. The second kappa shape index (κ2) is 6.58. The molecule has 0 aromatic heterocycles. The van der Waals surface area contributed by atoms with E-state index in [4.69, 9.17) is 0 Å². The SMILES string of the molecule is CC(C1CC1)N1CCCC(NCC2CCCCC2)C1. The smallest absolute Gasteiger partial charge is 0.0195 e. The molecule has 0 bridgehead atoms. The van der Waals surface area contributed by atoms with Crippen molar-refractivity contribution in [2.75, 3.05) is 19.6 Å². The second-order valence-corrected chi connectivity index (χ2v) is 7.32. The number of nitrogens with zero attached hydrogens (tertiary/aromatic N) is 1. The van der Waals surface area contributed by atoms with Crippen molar-refractivity contribution in [1.29, 1.82) is 0 Å². The molecule has 110 valence electrons. The molecule has 2 heteroatoms. The van der Waals surface area contributed by atoms with Crippen LogP contribution < -0.4 is 5.32 Å². The summed E-state index contributed by atoms with van der Waals surface area (Å²) >= 11 is 0. The average molecular weight is 264 g/mol. The van der Waals surface area contributed by atoms with Crippen LogP contribution in [-0.2, 0) is 0 Å². The molecule has 3 rings (SSSR count). The standard InChI is InChI=1S/C17H32N2/c1-14(16-9-10-16)19-11-5-8-17(13-19)18-12-15-6-3-2-4-7-15/h14-18H,2-13H2,1H3. The Labute approximate surface area is 119 Å². The quantitative estimate of drug-likeness (QED) is 0.818. The lowest BCUT2D eigenvalue weighted by molar-refractivity contribution is 0.129.